The van der Waals surface area contributed by atoms with Crippen molar-refractivity contribution in [3.8, 4) is 22.4 Å². The monoisotopic (exact) mass is 254 g/mol. The molecule has 6 nitrogen and oxygen atoms in total. The molecule has 0 atom stereocenters. The molecule has 0 amide bonds. The second-order valence-electron chi connectivity index (χ2n) is 4.47. The van der Waals surface area contributed by atoms with Crippen LogP contribution in [0.5, 0.6) is 0 Å². The molecular formula is C13H14N6. The summed E-state index contributed by atoms with van der Waals surface area (Å²) in [5, 5.41) is 8.32. The second kappa shape index (κ2) is 4.24. The number of pyridine rings is 1. The summed E-state index contributed by atoms with van der Waals surface area (Å²) < 4.78 is 3.50. The van der Waals surface area contributed by atoms with Gasteiger partial charge in [0.15, 0.2) is 0 Å². The maximum atomic E-state index is 5.88. The Labute approximate surface area is 110 Å². The SMILES string of the molecule is Cn1cc(-c2cc(N)nc(-c3cnn(C)c3)c2)cn1. The maximum Gasteiger partial charge on any atom is 0.124 e. The highest BCUT2D eigenvalue weighted by molar-refractivity contribution is 5.72. The lowest BCUT2D eigenvalue weighted by Gasteiger charge is -2.03. The van der Waals surface area contributed by atoms with Gasteiger partial charge < -0.3 is 5.73 Å². The molecule has 0 aliphatic carbocycles. The Balaban J connectivity index is 2.10. The summed E-state index contributed by atoms with van der Waals surface area (Å²) in [6, 6.07) is 3.83. The number of aryl methyl sites for hydroxylation is 2. The van der Waals surface area contributed by atoms with E-state index in [1.54, 1.807) is 15.6 Å². The van der Waals surface area contributed by atoms with Crippen molar-refractivity contribution in [2.45, 2.75) is 0 Å². The zero-order valence-electron chi connectivity index (χ0n) is 10.8. The molecule has 0 bridgehead atoms. The average Bonchev–Trinajstić information content (AvgIpc) is 2.97. The van der Waals surface area contributed by atoms with E-state index in [2.05, 4.69) is 15.2 Å². The van der Waals surface area contributed by atoms with Crippen LogP contribution in [-0.2, 0) is 14.1 Å². The topological polar surface area (TPSA) is 74.6 Å². The Bertz CT molecular complexity index is 666. The lowest BCUT2D eigenvalue weighted by Crippen LogP contribution is -1.93. The van der Waals surface area contributed by atoms with Crippen LogP contribution >= 0.6 is 0 Å². The molecule has 2 N–H and O–H groups in total. The van der Waals surface area contributed by atoms with Crippen molar-refractivity contribution < 1.29 is 0 Å². The number of anilines is 1. The van der Waals surface area contributed by atoms with Crippen LogP contribution in [0.15, 0.2) is 36.9 Å². The van der Waals surface area contributed by atoms with E-state index in [0.29, 0.717) is 5.82 Å². The Morgan fingerprint density at radius 1 is 0.895 bits per heavy atom. The summed E-state index contributed by atoms with van der Waals surface area (Å²) in [5.74, 6) is 0.486. The summed E-state index contributed by atoms with van der Waals surface area (Å²) in [6.45, 7) is 0. The molecule has 3 rings (SSSR count). The van der Waals surface area contributed by atoms with Crippen molar-refractivity contribution in [2.75, 3.05) is 5.73 Å². The molecule has 0 spiro atoms. The first kappa shape index (κ1) is 11.5. The molecular weight excluding hydrogens is 240 g/mol. The van der Waals surface area contributed by atoms with Crippen LogP contribution in [0.3, 0.4) is 0 Å². The van der Waals surface area contributed by atoms with Gasteiger partial charge >= 0.3 is 0 Å². The number of hydrogen-bond donors (Lipinski definition) is 1. The van der Waals surface area contributed by atoms with Crippen molar-refractivity contribution >= 4 is 5.82 Å². The number of aromatic nitrogens is 5. The van der Waals surface area contributed by atoms with Crippen molar-refractivity contribution in [3.63, 3.8) is 0 Å². The fourth-order valence-corrected chi connectivity index (χ4v) is 1.99. The van der Waals surface area contributed by atoms with Gasteiger partial charge in [0.1, 0.15) is 5.82 Å². The van der Waals surface area contributed by atoms with E-state index in [9.17, 15) is 0 Å². The first-order chi connectivity index (χ1) is 9.11. The molecule has 0 unspecified atom stereocenters. The van der Waals surface area contributed by atoms with Crippen LogP contribution in [0.1, 0.15) is 0 Å². The zero-order chi connectivity index (χ0) is 13.4. The fraction of sp³-hybridized carbons (Fsp3) is 0.154. The molecule has 0 aliphatic rings. The average molecular weight is 254 g/mol. The van der Waals surface area contributed by atoms with Crippen molar-refractivity contribution in [2.24, 2.45) is 14.1 Å². The highest BCUT2D eigenvalue weighted by atomic mass is 15.2. The molecule has 19 heavy (non-hydrogen) atoms. The van der Waals surface area contributed by atoms with Gasteiger partial charge in [-0.1, -0.05) is 0 Å². The van der Waals surface area contributed by atoms with Gasteiger partial charge in [0.2, 0.25) is 0 Å². The van der Waals surface area contributed by atoms with Crippen LogP contribution in [0.2, 0.25) is 0 Å². The molecule has 0 aromatic carbocycles. The van der Waals surface area contributed by atoms with E-state index < -0.39 is 0 Å². The predicted molar refractivity (Wildman–Crippen MR) is 73.1 cm³/mol. The summed E-state index contributed by atoms with van der Waals surface area (Å²) in [4.78, 5) is 4.35. The Hall–Kier alpha value is -2.63. The maximum absolute atomic E-state index is 5.88. The summed E-state index contributed by atoms with van der Waals surface area (Å²) >= 11 is 0. The van der Waals surface area contributed by atoms with Gasteiger partial charge in [0.05, 0.1) is 18.1 Å². The van der Waals surface area contributed by atoms with Gasteiger partial charge in [0, 0.05) is 37.6 Å². The smallest absolute Gasteiger partial charge is 0.124 e. The van der Waals surface area contributed by atoms with Crippen LogP contribution in [0, 0.1) is 0 Å². The second-order valence-corrected chi connectivity index (χ2v) is 4.47. The predicted octanol–water partition coefficient (Wildman–Crippen LogP) is 1.46. The summed E-state index contributed by atoms with van der Waals surface area (Å²) in [5.41, 5.74) is 9.65. The minimum Gasteiger partial charge on any atom is -0.384 e. The third-order valence-corrected chi connectivity index (χ3v) is 2.88. The quantitative estimate of drug-likeness (QED) is 0.751. The van der Waals surface area contributed by atoms with E-state index in [0.717, 1.165) is 22.4 Å². The normalized spacial score (nSPS) is 10.8. The molecule has 3 heterocycles. The minimum atomic E-state index is 0.486. The van der Waals surface area contributed by atoms with Crippen molar-refractivity contribution in [3.05, 3.63) is 36.9 Å². The Kier molecular flexibility index (Phi) is 2.56. The fourth-order valence-electron chi connectivity index (χ4n) is 1.99. The highest BCUT2D eigenvalue weighted by Gasteiger charge is 2.08. The molecule has 0 saturated carbocycles. The summed E-state index contributed by atoms with van der Waals surface area (Å²) in [7, 11) is 3.76. The van der Waals surface area contributed by atoms with E-state index in [4.69, 9.17) is 5.73 Å². The molecule has 6 heteroatoms. The van der Waals surface area contributed by atoms with Gasteiger partial charge in [-0.15, -0.1) is 0 Å². The van der Waals surface area contributed by atoms with E-state index in [1.165, 1.54) is 0 Å². The van der Waals surface area contributed by atoms with Crippen molar-refractivity contribution in [1.29, 1.82) is 0 Å². The lowest BCUT2D eigenvalue weighted by molar-refractivity contribution is 0.768. The van der Waals surface area contributed by atoms with Crippen LogP contribution in [0.25, 0.3) is 22.4 Å². The number of nitrogens with two attached hydrogens (primary N) is 1. The van der Waals surface area contributed by atoms with Gasteiger partial charge in [-0.25, -0.2) is 4.98 Å². The van der Waals surface area contributed by atoms with Gasteiger partial charge in [0.25, 0.3) is 0 Å². The van der Waals surface area contributed by atoms with Gasteiger partial charge in [-0.05, 0) is 17.7 Å². The third-order valence-electron chi connectivity index (χ3n) is 2.88. The molecule has 3 aromatic heterocycles. The lowest BCUT2D eigenvalue weighted by atomic mass is 10.1. The van der Waals surface area contributed by atoms with Crippen LogP contribution in [0.4, 0.5) is 5.82 Å². The summed E-state index contributed by atoms with van der Waals surface area (Å²) in [6.07, 6.45) is 7.44. The number of nitrogen functional groups attached to an aromatic ring is 1. The number of nitrogens with zero attached hydrogens (tertiary/aromatic N) is 5. The number of hydrogen-bond acceptors (Lipinski definition) is 4. The van der Waals surface area contributed by atoms with Gasteiger partial charge in [-0.3, -0.25) is 9.36 Å². The minimum absolute atomic E-state index is 0.486. The molecule has 3 aromatic rings. The largest absolute Gasteiger partial charge is 0.384 e. The first-order valence-corrected chi connectivity index (χ1v) is 5.87. The van der Waals surface area contributed by atoms with Gasteiger partial charge in [-0.2, -0.15) is 10.2 Å². The van der Waals surface area contributed by atoms with E-state index in [-0.39, 0.29) is 0 Å². The molecule has 96 valence electrons. The van der Waals surface area contributed by atoms with E-state index >= 15 is 0 Å². The third kappa shape index (κ3) is 2.20. The Morgan fingerprint density at radius 3 is 2.11 bits per heavy atom. The number of rotatable bonds is 2. The van der Waals surface area contributed by atoms with Crippen molar-refractivity contribution in [1.82, 2.24) is 24.5 Å². The zero-order valence-corrected chi connectivity index (χ0v) is 10.8. The van der Waals surface area contributed by atoms with Crippen LogP contribution in [-0.4, -0.2) is 24.5 Å². The molecule has 0 aliphatic heterocycles. The van der Waals surface area contributed by atoms with E-state index in [1.807, 2.05) is 44.8 Å². The molecule has 0 saturated heterocycles. The molecule has 0 radical (unpaired) electrons. The van der Waals surface area contributed by atoms with Crippen LogP contribution < -0.4 is 5.73 Å². The highest BCUT2D eigenvalue weighted by Crippen LogP contribution is 2.26. The Morgan fingerprint density at radius 2 is 1.53 bits per heavy atom. The first-order valence-electron chi connectivity index (χ1n) is 5.87. The standard InChI is InChI=1S/C13H14N6/c1-18-7-10(5-15-18)9-3-12(17-13(14)4-9)11-6-16-19(2)8-11/h3-8H,1-2H3,(H2,14,17). The molecule has 0 fully saturated rings.